The Balaban J connectivity index is 1.03. The largest absolute Gasteiger partial charge is 0.378 e. The number of benzene rings is 2. The summed E-state index contributed by atoms with van der Waals surface area (Å²) in [4.78, 5) is 48.7. The van der Waals surface area contributed by atoms with Crippen LogP contribution in [-0.2, 0) is 14.2 Å². The van der Waals surface area contributed by atoms with E-state index in [1.807, 2.05) is 29.2 Å². The van der Waals surface area contributed by atoms with Gasteiger partial charge in [-0.1, -0.05) is 0 Å². The first-order valence-corrected chi connectivity index (χ1v) is 15.8. The van der Waals surface area contributed by atoms with Gasteiger partial charge in [-0.25, -0.2) is 4.79 Å². The number of piperazine rings is 1. The monoisotopic (exact) mass is 629 g/mol. The maximum Gasteiger partial charge on any atom is 0.323 e. The number of nitrogens with one attached hydrogen (secondary N) is 2. The Morgan fingerprint density at radius 2 is 1.26 bits per heavy atom. The van der Waals surface area contributed by atoms with Crippen LogP contribution in [-0.4, -0.2) is 135 Å². The Kier molecular flexibility index (Phi) is 8.92. The fraction of sp³-hybridized carbons (Fsp3) is 0.469. The van der Waals surface area contributed by atoms with Gasteiger partial charge in [-0.3, -0.25) is 4.79 Å². The minimum Gasteiger partial charge on any atom is -0.378 e. The smallest absolute Gasteiger partial charge is 0.323 e. The number of nitrogens with zero attached hydrogens (tertiary/aromatic N) is 7. The average Bonchev–Trinajstić information content (AvgIpc) is 3.09. The lowest BCUT2D eigenvalue weighted by Crippen LogP contribution is -2.60. The van der Waals surface area contributed by atoms with E-state index in [0.29, 0.717) is 100 Å². The Labute approximate surface area is 267 Å². The SMILES string of the molecule is CN1CCN(C(=O)c2ccc(NC(=O)Nc3ccc(-c4nc(N5CCOCC5)nc(N5C6COCC5COC6)n4)cc3)cc2)CC1. The topological polar surface area (TPSA) is 138 Å². The molecule has 4 aliphatic rings. The van der Waals surface area contributed by atoms with Crippen molar-refractivity contribution in [3.8, 4) is 11.4 Å². The Hall–Kier alpha value is -4.37. The molecule has 3 aromatic rings. The van der Waals surface area contributed by atoms with E-state index in [-0.39, 0.29) is 24.0 Å². The fourth-order valence-corrected chi connectivity index (χ4v) is 6.11. The van der Waals surface area contributed by atoms with E-state index in [1.54, 1.807) is 24.3 Å². The zero-order chi connectivity index (χ0) is 31.5. The second-order valence-electron chi connectivity index (χ2n) is 12.0. The molecule has 4 aliphatic heterocycles. The van der Waals surface area contributed by atoms with Crippen LogP contribution in [0.1, 0.15) is 10.4 Å². The average molecular weight is 630 g/mol. The molecule has 242 valence electrons. The third kappa shape index (κ3) is 6.75. The van der Waals surface area contributed by atoms with Gasteiger partial charge in [0.2, 0.25) is 11.9 Å². The summed E-state index contributed by atoms with van der Waals surface area (Å²) in [6, 6.07) is 14.1. The molecule has 0 spiro atoms. The van der Waals surface area contributed by atoms with Crippen molar-refractivity contribution in [3.05, 3.63) is 54.1 Å². The van der Waals surface area contributed by atoms with Gasteiger partial charge in [0.25, 0.3) is 5.91 Å². The Bertz CT molecular complexity index is 1500. The molecule has 3 amide bonds. The molecule has 2 aromatic carbocycles. The standard InChI is InChI=1S/C32H39N9O5/c1-38-10-12-39(13-11-38)29(42)23-4-8-25(9-5-23)34-32(43)33-24-6-2-22(3-7-24)28-35-30(40-14-16-44-17-15-40)37-31(36-28)41-26-18-45-20-27(41)21-46-19-26/h2-9,26-27H,10-21H2,1H3,(H2,33,34,43). The van der Waals surface area contributed by atoms with Gasteiger partial charge in [-0.15, -0.1) is 0 Å². The van der Waals surface area contributed by atoms with E-state index in [1.165, 1.54) is 0 Å². The molecule has 0 atom stereocenters. The van der Waals surface area contributed by atoms with Crippen LogP contribution in [0.3, 0.4) is 0 Å². The van der Waals surface area contributed by atoms with Gasteiger partial charge >= 0.3 is 6.03 Å². The first-order valence-electron chi connectivity index (χ1n) is 15.8. The molecule has 14 heteroatoms. The Morgan fingerprint density at radius 3 is 1.87 bits per heavy atom. The van der Waals surface area contributed by atoms with E-state index >= 15 is 0 Å². The summed E-state index contributed by atoms with van der Waals surface area (Å²) in [5.74, 6) is 1.80. The number of aromatic nitrogens is 3. The van der Waals surface area contributed by atoms with E-state index in [4.69, 9.17) is 29.2 Å². The van der Waals surface area contributed by atoms with Crippen molar-refractivity contribution in [2.24, 2.45) is 0 Å². The predicted molar refractivity (Wildman–Crippen MR) is 172 cm³/mol. The van der Waals surface area contributed by atoms with Crippen LogP contribution >= 0.6 is 0 Å². The van der Waals surface area contributed by atoms with Crippen LogP contribution in [0.2, 0.25) is 0 Å². The molecular weight excluding hydrogens is 590 g/mol. The third-order valence-electron chi connectivity index (χ3n) is 8.75. The third-order valence-corrected chi connectivity index (χ3v) is 8.75. The number of carbonyl (C=O) groups is 2. The quantitative estimate of drug-likeness (QED) is 0.414. The molecule has 2 bridgehead atoms. The van der Waals surface area contributed by atoms with Crippen LogP contribution < -0.4 is 20.4 Å². The highest BCUT2D eigenvalue weighted by molar-refractivity contribution is 6.00. The zero-order valence-electron chi connectivity index (χ0n) is 25.9. The molecule has 4 fully saturated rings. The highest BCUT2D eigenvalue weighted by Gasteiger charge is 2.38. The molecule has 0 saturated carbocycles. The van der Waals surface area contributed by atoms with Gasteiger partial charge in [0.05, 0.1) is 51.7 Å². The van der Waals surface area contributed by atoms with Gasteiger partial charge in [-0.2, -0.15) is 15.0 Å². The van der Waals surface area contributed by atoms with Crippen molar-refractivity contribution >= 4 is 35.2 Å². The van der Waals surface area contributed by atoms with Crippen LogP contribution in [0, 0.1) is 0 Å². The minimum atomic E-state index is -0.385. The molecule has 7 rings (SSSR count). The van der Waals surface area contributed by atoms with E-state index in [0.717, 1.165) is 18.7 Å². The number of likely N-dealkylation sites (N-methyl/N-ethyl adjacent to an activating group) is 1. The number of anilines is 4. The van der Waals surface area contributed by atoms with Crippen molar-refractivity contribution in [2.75, 3.05) is 106 Å². The number of amides is 3. The molecule has 46 heavy (non-hydrogen) atoms. The van der Waals surface area contributed by atoms with Crippen LogP contribution in [0.4, 0.5) is 28.1 Å². The van der Waals surface area contributed by atoms with E-state index in [9.17, 15) is 9.59 Å². The molecule has 14 nitrogen and oxygen atoms in total. The number of hydrogen-bond donors (Lipinski definition) is 2. The van der Waals surface area contributed by atoms with Crippen molar-refractivity contribution in [1.29, 1.82) is 0 Å². The first-order chi connectivity index (χ1) is 22.5. The summed E-state index contributed by atoms with van der Waals surface area (Å²) >= 11 is 0. The number of urea groups is 1. The van der Waals surface area contributed by atoms with Gasteiger partial charge in [0.15, 0.2) is 5.82 Å². The van der Waals surface area contributed by atoms with Crippen molar-refractivity contribution < 1.29 is 23.8 Å². The molecule has 1 aromatic heterocycles. The first kappa shape index (κ1) is 30.3. The normalized spacial score (nSPS) is 22.0. The summed E-state index contributed by atoms with van der Waals surface area (Å²) in [6.07, 6.45) is 0. The van der Waals surface area contributed by atoms with Crippen LogP contribution in [0.15, 0.2) is 48.5 Å². The second kappa shape index (κ2) is 13.5. The lowest BCUT2D eigenvalue weighted by Gasteiger charge is -2.45. The lowest BCUT2D eigenvalue weighted by atomic mass is 10.1. The number of hydrogen-bond acceptors (Lipinski definition) is 11. The maximum atomic E-state index is 12.8. The molecule has 2 N–H and O–H groups in total. The molecule has 5 heterocycles. The number of morpholine rings is 3. The highest BCUT2D eigenvalue weighted by atomic mass is 16.5. The number of fused-ring (bicyclic) bond motifs is 2. The summed E-state index contributed by atoms with van der Waals surface area (Å²) in [7, 11) is 2.06. The molecule has 0 radical (unpaired) electrons. The van der Waals surface area contributed by atoms with E-state index in [2.05, 4.69) is 32.4 Å². The van der Waals surface area contributed by atoms with Gasteiger partial charge in [-0.05, 0) is 55.6 Å². The molecule has 4 saturated heterocycles. The molecule has 0 unspecified atom stereocenters. The van der Waals surface area contributed by atoms with Crippen molar-refractivity contribution in [1.82, 2.24) is 24.8 Å². The van der Waals surface area contributed by atoms with Crippen molar-refractivity contribution in [2.45, 2.75) is 12.1 Å². The van der Waals surface area contributed by atoms with Crippen LogP contribution in [0.5, 0.6) is 0 Å². The number of rotatable bonds is 6. The highest BCUT2D eigenvalue weighted by Crippen LogP contribution is 2.29. The van der Waals surface area contributed by atoms with Gasteiger partial charge in [0.1, 0.15) is 0 Å². The number of carbonyl (C=O) groups excluding carboxylic acids is 2. The maximum absolute atomic E-state index is 12.8. The Morgan fingerprint density at radius 1 is 0.696 bits per heavy atom. The minimum absolute atomic E-state index is 0.00775. The lowest BCUT2D eigenvalue weighted by molar-refractivity contribution is -0.0355. The predicted octanol–water partition coefficient (Wildman–Crippen LogP) is 2.01. The van der Waals surface area contributed by atoms with Gasteiger partial charge in [0, 0.05) is 61.8 Å². The summed E-state index contributed by atoms with van der Waals surface area (Å²) in [5, 5.41) is 5.71. The second-order valence-corrected chi connectivity index (χ2v) is 12.0. The van der Waals surface area contributed by atoms with Crippen molar-refractivity contribution in [3.63, 3.8) is 0 Å². The summed E-state index contributed by atoms with van der Waals surface area (Å²) in [5.41, 5.74) is 2.62. The van der Waals surface area contributed by atoms with E-state index < -0.39 is 0 Å². The van der Waals surface area contributed by atoms with Crippen LogP contribution in [0.25, 0.3) is 11.4 Å². The summed E-state index contributed by atoms with van der Waals surface area (Å²) in [6.45, 7) is 8.05. The summed E-state index contributed by atoms with van der Waals surface area (Å²) < 4.78 is 17.1. The fourth-order valence-electron chi connectivity index (χ4n) is 6.11. The van der Waals surface area contributed by atoms with Gasteiger partial charge < -0.3 is 44.4 Å². The number of ether oxygens (including phenoxy) is 3. The molecular formula is C32H39N9O5. The molecule has 0 aliphatic carbocycles. The zero-order valence-corrected chi connectivity index (χ0v) is 25.9.